The summed E-state index contributed by atoms with van der Waals surface area (Å²) in [6.07, 6.45) is 0. The zero-order valence-electron chi connectivity index (χ0n) is 6.20. The maximum absolute atomic E-state index is 10.3. The van der Waals surface area contributed by atoms with Gasteiger partial charge in [0.15, 0.2) is 0 Å². The Morgan fingerprint density at radius 3 is 3.00 bits per heavy atom. The molecule has 0 atom stereocenters. The smallest absolute Gasteiger partial charge is 0.227 e. The molecule has 0 spiro atoms. The molecule has 0 aliphatic carbocycles. The van der Waals surface area contributed by atoms with E-state index in [2.05, 4.69) is 9.98 Å². The number of hydrogen-bond donors (Lipinski definition) is 1. The summed E-state index contributed by atoms with van der Waals surface area (Å²) in [5, 5.41) is 0.876. The van der Waals surface area contributed by atoms with Crippen LogP contribution in [-0.4, -0.2) is 29.1 Å². The summed E-state index contributed by atoms with van der Waals surface area (Å²) in [5.74, 6) is 0.751. The Bertz CT molecular complexity index is 234. The molecule has 0 bridgehead atoms. The molecule has 0 aromatic carbocycles. The van der Waals surface area contributed by atoms with Gasteiger partial charge in [-0.25, -0.2) is 4.99 Å². The zero-order chi connectivity index (χ0) is 8.27. The highest BCUT2D eigenvalue weighted by Crippen LogP contribution is 2.08. The second kappa shape index (κ2) is 3.52. The van der Waals surface area contributed by atoms with Gasteiger partial charge < -0.3 is 5.73 Å². The molecule has 4 nitrogen and oxygen atoms in total. The lowest BCUT2D eigenvalue weighted by Crippen LogP contribution is -2.14. The molecular formula is C6H9N3OS. The largest absolute Gasteiger partial charge is 0.369 e. The lowest BCUT2D eigenvalue weighted by molar-refractivity contribution is -0.115. The van der Waals surface area contributed by atoms with Crippen molar-refractivity contribution in [2.24, 2.45) is 15.7 Å². The number of aliphatic imine (C=N–C) groups is 2. The van der Waals surface area contributed by atoms with Crippen LogP contribution in [0, 0.1) is 0 Å². The van der Waals surface area contributed by atoms with Gasteiger partial charge in [-0.05, 0) is 6.92 Å². The molecule has 1 aliphatic rings. The molecule has 1 amide bonds. The molecule has 1 rings (SSSR count). The van der Waals surface area contributed by atoms with Crippen molar-refractivity contribution in [2.75, 3.05) is 12.3 Å². The summed E-state index contributed by atoms with van der Waals surface area (Å²) in [4.78, 5) is 18.5. The Balaban J connectivity index is 2.31. The van der Waals surface area contributed by atoms with Crippen LogP contribution in [0.3, 0.4) is 0 Å². The van der Waals surface area contributed by atoms with Gasteiger partial charge in [-0.15, -0.1) is 0 Å². The van der Waals surface area contributed by atoms with Gasteiger partial charge in [0.05, 0.1) is 17.3 Å². The molecule has 11 heavy (non-hydrogen) atoms. The van der Waals surface area contributed by atoms with Crippen molar-refractivity contribution < 1.29 is 4.79 Å². The first-order valence-electron chi connectivity index (χ1n) is 3.18. The van der Waals surface area contributed by atoms with Crippen molar-refractivity contribution in [3.8, 4) is 0 Å². The SMILES string of the molecule is CC1=NCC(SCC(N)=O)=N1. The number of carbonyl (C=O) groups is 1. The van der Waals surface area contributed by atoms with E-state index in [9.17, 15) is 4.79 Å². The van der Waals surface area contributed by atoms with E-state index < -0.39 is 0 Å². The van der Waals surface area contributed by atoms with Gasteiger partial charge in [0.25, 0.3) is 0 Å². The van der Waals surface area contributed by atoms with E-state index in [0.717, 1.165) is 10.9 Å². The van der Waals surface area contributed by atoms with Crippen LogP contribution in [0.5, 0.6) is 0 Å². The van der Waals surface area contributed by atoms with Crippen LogP contribution in [0.15, 0.2) is 9.98 Å². The highest BCUT2D eigenvalue weighted by Gasteiger charge is 2.07. The summed E-state index contributed by atoms with van der Waals surface area (Å²) >= 11 is 1.36. The van der Waals surface area contributed by atoms with E-state index in [1.165, 1.54) is 11.8 Å². The van der Waals surface area contributed by atoms with Gasteiger partial charge in [-0.3, -0.25) is 9.79 Å². The molecule has 0 unspecified atom stereocenters. The number of nitrogens with zero attached hydrogens (tertiary/aromatic N) is 2. The van der Waals surface area contributed by atoms with Crippen LogP contribution < -0.4 is 5.73 Å². The summed E-state index contributed by atoms with van der Waals surface area (Å²) in [6.45, 7) is 2.43. The van der Waals surface area contributed by atoms with Crippen molar-refractivity contribution >= 4 is 28.5 Å². The molecule has 0 saturated heterocycles. The van der Waals surface area contributed by atoms with Crippen LogP contribution >= 0.6 is 11.8 Å². The van der Waals surface area contributed by atoms with Gasteiger partial charge >= 0.3 is 0 Å². The van der Waals surface area contributed by atoms with E-state index in [-0.39, 0.29) is 5.91 Å². The van der Waals surface area contributed by atoms with Gasteiger partial charge in [0.2, 0.25) is 5.91 Å². The Hall–Kier alpha value is -0.840. The van der Waals surface area contributed by atoms with Crippen molar-refractivity contribution in [3.63, 3.8) is 0 Å². The Kier molecular flexibility index (Phi) is 2.64. The predicted octanol–water partition coefficient (Wildman–Crippen LogP) is 0.0354. The third-order valence-electron chi connectivity index (χ3n) is 1.11. The topological polar surface area (TPSA) is 67.8 Å². The molecule has 0 fully saturated rings. The van der Waals surface area contributed by atoms with Crippen LogP contribution in [0.4, 0.5) is 0 Å². The minimum absolute atomic E-state index is 0.293. The number of amides is 1. The van der Waals surface area contributed by atoms with E-state index in [1.807, 2.05) is 6.92 Å². The fourth-order valence-corrected chi connectivity index (χ4v) is 1.33. The second-order valence-electron chi connectivity index (χ2n) is 2.12. The normalized spacial score (nSPS) is 16.1. The van der Waals surface area contributed by atoms with Gasteiger partial charge in [0.1, 0.15) is 5.84 Å². The van der Waals surface area contributed by atoms with E-state index in [4.69, 9.17) is 5.73 Å². The summed E-state index contributed by atoms with van der Waals surface area (Å²) in [7, 11) is 0. The average molecular weight is 171 g/mol. The van der Waals surface area contributed by atoms with Crippen molar-refractivity contribution in [2.45, 2.75) is 6.92 Å². The monoisotopic (exact) mass is 171 g/mol. The Morgan fingerprint density at radius 2 is 2.55 bits per heavy atom. The number of nitrogens with two attached hydrogens (primary N) is 1. The first kappa shape index (κ1) is 8.26. The molecule has 0 saturated carbocycles. The number of carbonyl (C=O) groups excluding carboxylic acids is 1. The maximum Gasteiger partial charge on any atom is 0.227 e. The van der Waals surface area contributed by atoms with Crippen molar-refractivity contribution in [3.05, 3.63) is 0 Å². The predicted molar refractivity (Wildman–Crippen MR) is 47.1 cm³/mol. The fourth-order valence-electron chi connectivity index (χ4n) is 0.666. The lowest BCUT2D eigenvalue weighted by Gasteiger charge is -1.93. The molecule has 1 heterocycles. The maximum atomic E-state index is 10.3. The van der Waals surface area contributed by atoms with Crippen LogP contribution in [-0.2, 0) is 4.79 Å². The molecule has 0 aromatic rings. The third kappa shape index (κ3) is 2.71. The van der Waals surface area contributed by atoms with E-state index in [1.54, 1.807) is 0 Å². The summed E-state index contributed by atoms with van der Waals surface area (Å²) < 4.78 is 0. The Labute approximate surface area is 69.0 Å². The molecule has 0 aromatic heterocycles. The molecule has 5 heteroatoms. The quantitative estimate of drug-likeness (QED) is 0.637. The van der Waals surface area contributed by atoms with E-state index in [0.29, 0.717) is 12.3 Å². The van der Waals surface area contributed by atoms with Gasteiger partial charge in [0, 0.05) is 0 Å². The van der Waals surface area contributed by atoms with Gasteiger partial charge in [-0.1, -0.05) is 11.8 Å². The molecule has 60 valence electrons. The minimum Gasteiger partial charge on any atom is -0.369 e. The average Bonchev–Trinajstić information content (AvgIpc) is 2.31. The number of primary amides is 1. The minimum atomic E-state index is -0.317. The van der Waals surface area contributed by atoms with Crippen molar-refractivity contribution in [1.29, 1.82) is 0 Å². The van der Waals surface area contributed by atoms with Crippen LogP contribution in [0.2, 0.25) is 0 Å². The molecule has 2 N–H and O–H groups in total. The van der Waals surface area contributed by atoms with Crippen molar-refractivity contribution in [1.82, 2.24) is 0 Å². The zero-order valence-corrected chi connectivity index (χ0v) is 7.02. The molecule has 1 aliphatic heterocycles. The standard InChI is InChI=1S/C6H9N3OS/c1-4-8-2-6(9-4)11-3-5(7)10/h2-3H2,1H3,(H2,7,10). The van der Waals surface area contributed by atoms with Gasteiger partial charge in [-0.2, -0.15) is 0 Å². The molecule has 0 radical (unpaired) electrons. The fraction of sp³-hybridized carbons (Fsp3) is 0.500. The molecular weight excluding hydrogens is 162 g/mol. The summed E-state index contributed by atoms with van der Waals surface area (Å²) in [5.41, 5.74) is 4.95. The second-order valence-corrected chi connectivity index (χ2v) is 3.17. The number of amidine groups is 1. The van der Waals surface area contributed by atoms with Crippen LogP contribution in [0.1, 0.15) is 6.92 Å². The highest BCUT2D eigenvalue weighted by molar-refractivity contribution is 8.14. The Morgan fingerprint density at radius 1 is 1.82 bits per heavy atom. The number of rotatable bonds is 2. The number of thioether (sulfide) groups is 1. The van der Waals surface area contributed by atoms with Crippen LogP contribution in [0.25, 0.3) is 0 Å². The highest BCUT2D eigenvalue weighted by atomic mass is 32.2. The summed E-state index contributed by atoms with van der Waals surface area (Å²) in [6, 6.07) is 0. The van der Waals surface area contributed by atoms with E-state index >= 15 is 0 Å². The first-order chi connectivity index (χ1) is 5.18. The third-order valence-corrected chi connectivity index (χ3v) is 2.09. The number of hydrogen-bond acceptors (Lipinski definition) is 4. The lowest BCUT2D eigenvalue weighted by atomic mass is 10.7. The first-order valence-corrected chi connectivity index (χ1v) is 4.17.